The van der Waals surface area contributed by atoms with Crippen molar-refractivity contribution in [1.29, 1.82) is 0 Å². The molecular formula is C19H11F2N3O. The largest absolute Gasteiger partial charge is 0.307 e. The zero-order valence-corrected chi connectivity index (χ0v) is 12.8. The molecule has 0 atom stereocenters. The van der Waals surface area contributed by atoms with Gasteiger partial charge < -0.3 is 4.98 Å². The highest BCUT2D eigenvalue weighted by atomic mass is 19.1. The lowest BCUT2D eigenvalue weighted by Crippen LogP contribution is -2.05. The number of aromatic nitrogens is 3. The van der Waals surface area contributed by atoms with E-state index in [1.807, 2.05) is 0 Å². The Morgan fingerprint density at radius 2 is 1.72 bits per heavy atom. The van der Waals surface area contributed by atoms with Crippen LogP contribution < -0.4 is 5.56 Å². The van der Waals surface area contributed by atoms with E-state index in [1.165, 1.54) is 24.4 Å². The Balaban J connectivity index is 2.07. The summed E-state index contributed by atoms with van der Waals surface area (Å²) in [5.41, 5.74) is 2.01. The van der Waals surface area contributed by atoms with E-state index in [0.717, 1.165) is 6.20 Å². The summed E-state index contributed by atoms with van der Waals surface area (Å²) < 4.78 is 27.6. The third-order valence-electron chi connectivity index (χ3n) is 3.89. The maximum Gasteiger partial charge on any atom is 0.249 e. The van der Waals surface area contributed by atoms with Crippen LogP contribution in [0.3, 0.4) is 0 Å². The highest BCUT2D eigenvalue weighted by Gasteiger charge is 2.15. The number of pyridine rings is 3. The topological polar surface area (TPSA) is 58.6 Å². The molecule has 0 saturated carbocycles. The Kier molecular flexibility index (Phi) is 3.57. The van der Waals surface area contributed by atoms with Crippen LogP contribution in [0.25, 0.3) is 33.4 Å². The van der Waals surface area contributed by atoms with Crippen molar-refractivity contribution in [1.82, 2.24) is 15.0 Å². The normalized spacial score (nSPS) is 11.0. The SMILES string of the molecule is O=c1ccc2cc(-c3ccncc3F)c(-c3ccc(F)cc3)nc2[nH]1. The summed E-state index contributed by atoms with van der Waals surface area (Å²) in [4.78, 5) is 22.5. The highest BCUT2D eigenvalue weighted by molar-refractivity contribution is 5.90. The van der Waals surface area contributed by atoms with Crippen LogP contribution in [-0.2, 0) is 0 Å². The Labute approximate surface area is 140 Å². The van der Waals surface area contributed by atoms with E-state index in [4.69, 9.17) is 0 Å². The van der Waals surface area contributed by atoms with Gasteiger partial charge in [0.1, 0.15) is 17.3 Å². The standard InChI is InChI=1S/C19H11F2N3O/c20-13-4-1-11(2-5-13)18-15(14-7-8-22-10-16(14)21)9-12-3-6-17(25)23-19(12)24-18/h1-10H,(H,23,24,25). The minimum Gasteiger partial charge on any atom is -0.307 e. The Morgan fingerprint density at radius 3 is 2.48 bits per heavy atom. The number of aromatic amines is 1. The van der Waals surface area contributed by atoms with Gasteiger partial charge in [-0.25, -0.2) is 13.8 Å². The van der Waals surface area contributed by atoms with Crippen LogP contribution in [0.2, 0.25) is 0 Å². The van der Waals surface area contributed by atoms with Gasteiger partial charge in [0.05, 0.1) is 11.9 Å². The van der Waals surface area contributed by atoms with Crippen molar-refractivity contribution in [3.63, 3.8) is 0 Å². The predicted molar refractivity (Wildman–Crippen MR) is 90.9 cm³/mol. The molecule has 0 amide bonds. The molecule has 4 nitrogen and oxygen atoms in total. The van der Waals surface area contributed by atoms with Gasteiger partial charge >= 0.3 is 0 Å². The van der Waals surface area contributed by atoms with Gasteiger partial charge in [0.15, 0.2) is 0 Å². The van der Waals surface area contributed by atoms with Crippen LogP contribution in [0.1, 0.15) is 0 Å². The first-order valence-electron chi connectivity index (χ1n) is 7.52. The second-order valence-electron chi connectivity index (χ2n) is 5.51. The molecule has 0 radical (unpaired) electrons. The quantitative estimate of drug-likeness (QED) is 0.604. The van der Waals surface area contributed by atoms with E-state index >= 15 is 0 Å². The lowest BCUT2D eigenvalue weighted by atomic mass is 9.98. The lowest BCUT2D eigenvalue weighted by Gasteiger charge is -2.12. The summed E-state index contributed by atoms with van der Waals surface area (Å²) in [7, 11) is 0. The van der Waals surface area contributed by atoms with E-state index in [9.17, 15) is 13.6 Å². The van der Waals surface area contributed by atoms with Crippen molar-refractivity contribution in [2.45, 2.75) is 0 Å². The molecule has 0 spiro atoms. The Bertz CT molecular complexity index is 1140. The molecule has 0 unspecified atom stereocenters. The molecule has 0 aliphatic rings. The van der Waals surface area contributed by atoms with Crippen LogP contribution in [0.15, 0.2) is 65.7 Å². The van der Waals surface area contributed by atoms with Crippen molar-refractivity contribution in [3.05, 3.63) is 82.9 Å². The van der Waals surface area contributed by atoms with Crippen molar-refractivity contribution < 1.29 is 8.78 Å². The number of nitrogens with zero attached hydrogens (tertiary/aromatic N) is 2. The number of H-pyrrole nitrogens is 1. The number of hydrogen-bond donors (Lipinski definition) is 1. The van der Waals surface area contributed by atoms with Crippen molar-refractivity contribution in [2.75, 3.05) is 0 Å². The zero-order valence-electron chi connectivity index (χ0n) is 12.8. The molecule has 6 heteroatoms. The maximum absolute atomic E-state index is 14.3. The van der Waals surface area contributed by atoms with Crippen molar-refractivity contribution >= 4 is 11.0 Å². The average Bonchev–Trinajstić information content (AvgIpc) is 2.62. The van der Waals surface area contributed by atoms with E-state index < -0.39 is 5.82 Å². The Morgan fingerprint density at radius 1 is 0.920 bits per heavy atom. The molecule has 4 rings (SSSR count). The smallest absolute Gasteiger partial charge is 0.249 e. The summed E-state index contributed by atoms with van der Waals surface area (Å²) in [6, 6.07) is 12.0. The molecule has 0 saturated heterocycles. The highest BCUT2D eigenvalue weighted by Crippen LogP contribution is 2.33. The van der Waals surface area contributed by atoms with Gasteiger partial charge in [-0.2, -0.15) is 0 Å². The maximum atomic E-state index is 14.3. The molecule has 0 bridgehead atoms. The second-order valence-corrected chi connectivity index (χ2v) is 5.51. The zero-order chi connectivity index (χ0) is 17.4. The van der Waals surface area contributed by atoms with Gasteiger partial charge in [0, 0.05) is 34.3 Å². The van der Waals surface area contributed by atoms with E-state index in [1.54, 1.807) is 30.3 Å². The third kappa shape index (κ3) is 2.78. The van der Waals surface area contributed by atoms with Crippen LogP contribution in [0.5, 0.6) is 0 Å². The average molecular weight is 335 g/mol. The van der Waals surface area contributed by atoms with Crippen LogP contribution >= 0.6 is 0 Å². The lowest BCUT2D eigenvalue weighted by molar-refractivity contribution is 0.625. The van der Waals surface area contributed by atoms with Gasteiger partial charge in [-0.1, -0.05) is 0 Å². The molecule has 3 aromatic heterocycles. The molecule has 0 aliphatic heterocycles. The molecule has 0 fully saturated rings. The summed E-state index contributed by atoms with van der Waals surface area (Å²) in [5, 5.41) is 0.664. The van der Waals surface area contributed by atoms with Crippen LogP contribution in [-0.4, -0.2) is 15.0 Å². The minimum atomic E-state index is -0.489. The van der Waals surface area contributed by atoms with E-state index in [2.05, 4.69) is 15.0 Å². The number of hydrogen-bond acceptors (Lipinski definition) is 3. The second kappa shape index (κ2) is 5.90. The summed E-state index contributed by atoms with van der Waals surface area (Å²) in [6.45, 7) is 0. The molecule has 1 N–H and O–H groups in total. The molecule has 25 heavy (non-hydrogen) atoms. The first kappa shape index (κ1) is 15.1. The summed E-state index contributed by atoms with van der Waals surface area (Å²) >= 11 is 0. The van der Waals surface area contributed by atoms with E-state index in [-0.39, 0.29) is 11.4 Å². The van der Waals surface area contributed by atoms with Gasteiger partial charge in [0.25, 0.3) is 0 Å². The molecule has 3 heterocycles. The fraction of sp³-hybridized carbons (Fsp3) is 0. The fourth-order valence-electron chi connectivity index (χ4n) is 2.71. The van der Waals surface area contributed by atoms with Crippen LogP contribution in [0, 0.1) is 11.6 Å². The minimum absolute atomic E-state index is 0.284. The Hall–Kier alpha value is -3.41. The number of benzene rings is 1. The molecular weight excluding hydrogens is 324 g/mol. The summed E-state index contributed by atoms with van der Waals surface area (Å²) in [5.74, 6) is -0.869. The van der Waals surface area contributed by atoms with Crippen LogP contribution in [0.4, 0.5) is 8.78 Å². The molecule has 0 aliphatic carbocycles. The monoisotopic (exact) mass is 335 g/mol. The first-order valence-corrected chi connectivity index (χ1v) is 7.52. The number of fused-ring (bicyclic) bond motifs is 1. The van der Waals surface area contributed by atoms with Gasteiger partial charge in [0.2, 0.25) is 5.56 Å². The number of rotatable bonds is 2. The van der Waals surface area contributed by atoms with E-state index in [0.29, 0.717) is 33.4 Å². The number of halogens is 2. The predicted octanol–water partition coefficient (Wildman–Crippen LogP) is 3.93. The number of nitrogens with one attached hydrogen (secondary N) is 1. The van der Waals surface area contributed by atoms with Crippen molar-refractivity contribution in [3.8, 4) is 22.4 Å². The van der Waals surface area contributed by atoms with Gasteiger partial charge in [-0.15, -0.1) is 0 Å². The third-order valence-corrected chi connectivity index (χ3v) is 3.89. The molecule has 122 valence electrons. The molecule has 1 aromatic carbocycles. The van der Waals surface area contributed by atoms with Crippen molar-refractivity contribution in [2.24, 2.45) is 0 Å². The molecule has 4 aromatic rings. The summed E-state index contributed by atoms with van der Waals surface area (Å²) in [6.07, 6.45) is 2.62. The fourth-order valence-corrected chi connectivity index (χ4v) is 2.71. The van der Waals surface area contributed by atoms with Gasteiger partial charge in [-0.05, 0) is 42.5 Å². The first-order chi connectivity index (χ1) is 12.1. The van der Waals surface area contributed by atoms with Gasteiger partial charge in [-0.3, -0.25) is 9.78 Å².